The highest BCUT2D eigenvalue weighted by Crippen LogP contribution is 2.34. The Morgan fingerprint density at radius 1 is 1.29 bits per heavy atom. The van der Waals surface area contributed by atoms with Gasteiger partial charge in [0, 0.05) is 25.8 Å². The lowest BCUT2D eigenvalue weighted by Gasteiger charge is -2.41. The van der Waals surface area contributed by atoms with Gasteiger partial charge in [-0.1, -0.05) is 6.07 Å². The van der Waals surface area contributed by atoms with E-state index in [4.69, 9.17) is 15.2 Å². The molecule has 2 N–H and O–H groups in total. The van der Waals surface area contributed by atoms with Crippen molar-refractivity contribution in [2.75, 3.05) is 37.7 Å². The molecule has 1 aromatic rings. The van der Waals surface area contributed by atoms with Crippen LogP contribution < -0.4 is 10.6 Å². The van der Waals surface area contributed by atoms with Crippen molar-refractivity contribution in [2.24, 2.45) is 11.7 Å². The van der Waals surface area contributed by atoms with E-state index in [2.05, 4.69) is 9.88 Å². The fourth-order valence-electron chi connectivity index (χ4n) is 4.30. The van der Waals surface area contributed by atoms with E-state index in [1.54, 1.807) is 6.20 Å². The standard InChI is InChI=1S/C23H34N4O4/c1-22(2,3)31-21(29)27(12-16-6-7-16)18-5-4-10-26(13-18)19-9-8-17(11-25-19)23(20(24)28)14-30-15-23/h8-9,11,16,18H,4-7,10,12-15H2,1-3H3,(H2,24,28)/t18-/m1/s1. The van der Waals surface area contributed by atoms with Crippen molar-refractivity contribution in [2.45, 2.75) is 63.5 Å². The second-order valence-electron chi connectivity index (χ2n) is 10.2. The first-order chi connectivity index (χ1) is 14.7. The summed E-state index contributed by atoms with van der Waals surface area (Å²) in [5, 5.41) is 0. The SMILES string of the molecule is CC(C)(C)OC(=O)N(CC1CC1)[C@@H]1CCCN(c2ccc(C3(C(N)=O)COC3)cn2)C1. The average molecular weight is 431 g/mol. The number of primary amides is 1. The molecule has 4 rings (SSSR count). The van der Waals surface area contributed by atoms with E-state index in [-0.39, 0.29) is 18.0 Å². The van der Waals surface area contributed by atoms with Crippen molar-refractivity contribution in [3.8, 4) is 0 Å². The molecule has 1 aliphatic carbocycles. The molecule has 3 fully saturated rings. The Balaban J connectivity index is 1.46. The third-order valence-electron chi connectivity index (χ3n) is 6.41. The summed E-state index contributed by atoms with van der Waals surface area (Å²) in [5.41, 5.74) is 5.14. The molecule has 0 bridgehead atoms. The van der Waals surface area contributed by atoms with Crippen LogP contribution in [0.3, 0.4) is 0 Å². The van der Waals surface area contributed by atoms with Gasteiger partial charge in [-0.05, 0) is 64.0 Å². The summed E-state index contributed by atoms with van der Waals surface area (Å²) in [6.45, 7) is 8.71. The Morgan fingerprint density at radius 2 is 2.03 bits per heavy atom. The zero-order valence-corrected chi connectivity index (χ0v) is 18.8. The molecule has 3 aliphatic rings. The van der Waals surface area contributed by atoms with Crippen LogP contribution in [0.25, 0.3) is 0 Å². The molecule has 3 heterocycles. The van der Waals surface area contributed by atoms with Gasteiger partial charge in [0.2, 0.25) is 5.91 Å². The third kappa shape index (κ3) is 4.79. The minimum Gasteiger partial charge on any atom is -0.444 e. The van der Waals surface area contributed by atoms with Crippen LogP contribution in [0.1, 0.15) is 52.0 Å². The first-order valence-corrected chi connectivity index (χ1v) is 11.3. The number of hydrogen-bond donors (Lipinski definition) is 1. The van der Waals surface area contributed by atoms with Gasteiger partial charge in [-0.3, -0.25) is 4.79 Å². The van der Waals surface area contributed by atoms with Crippen molar-refractivity contribution in [1.82, 2.24) is 9.88 Å². The summed E-state index contributed by atoms with van der Waals surface area (Å²) in [5.74, 6) is 1.07. The molecule has 2 saturated heterocycles. The quantitative estimate of drug-likeness (QED) is 0.744. The molecule has 2 aliphatic heterocycles. The zero-order valence-electron chi connectivity index (χ0n) is 18.8. The maximum absolute atomic E-state index is 12.9. The topological polar surface area (TPSA) is 98.0 Å². The molecule has 0 aromatic carbocycles. The summed E-state index contributed by atoms with van der Waals surface area (Å²) >= 11 is 0. The fraction of sp³-hybridized carbons (Fsp3) is 0.696. The Bertz CT molecular complexity index is 812. The van der Waals surface area contributed by atoms with Crippen molar-refractivity contribution in [3.63, 3.8) is 0 Å². The maximum Gasteiger partial charge on any atom is 0.410 e. The lowest BCUT2D eigenvalue weighted by molar-refractivity contribution is -0.141. The number of anilines is 1. The Kier molecular flexibility index (Phi) is 5.85. The van der Waals surface area contributed by atoms with E-state index in [0.29, 0.717) is 19.1 Å². The summed E-state index contributed by atoms with van der Waals surface area (Å²) in [7, 11) is 0. The summed E-state index contributed by atoms with van der Waals surface area (Å²) in [6, 6.07) is 3.97. The number of ether oxygens (including phenoxy) is 2. The van der Waals surface area contributed by atoms with Crippen molar-refractivity contribution >= 4 is 17.8 Å². The Hall–Kier alpha value is -2.35. The zero-order chi connectivity index (χ0) is 22.2. The molecule has 0 spiro atoms. The van der Waals surface area contributed by atoms with Crippen LogP contribution in [0.2, 0.25) is 0 Å². The second-order valence-corrected chi connectivity index (χ2v) is 10.2. The number of aromatic nitrogens is 1. The molecule has 8 nitrogen and oxygen atoms in total. The van der Waals surface area contributed by atoms with Gasteiger partial charge < -0.3 is 25.0 Å². The van der Waals surface area contributed by atoms with E-state index in [1.807, 2.05) is 37.8 Å². The van der Waals surface area contributed by atoms with Crippen LogP contribution in [-0.4, -0.2) is 66.4 Å². The number of nitrogens with zero attached hydrogens (tertiary/aromatic N) is 3. The fourth-order valence-corrected chi connectivity index (χ4v) is 4.30. The van der Waals surface area contributed by atoms with Crippen LogP contribution in [-0.2, 0) is 19.7 Å². The number of hydrogen-bond acceptors (Lipinski definition) is 6. The van der Waals surface area contributed by atoms with E-state index >= 15 is 0 Å². The van der Waals surface area contributed by atoms with Crippen LogP contribution in [0.5, 0.6) is 0 Å². The molecule has 1 aromatic heterocycles. The Labute approximate surface area is 184 Å². The van der Waals surface area contributed by atoms with Gasteiger partial charge >= 0.3 is 6.09 Å². The van der Waals surface area contributed by atoms with Crippen LogP contribution in [0, 0.1) is 5.92 Å². The molecular weight excluding hydrogens is 396 g/mol. The number of nitrogens with two attached hydrogens (primary N) is 1. The highest BCUT2D eigenvalue weighted by atomic mass is 16.6. The molecular formula is C23H34N4O4. The second kappa shape index (κ2) is 8.30. The third-order valence-corrected chi connectivity index (χ3v) is 6.41. The number of carbonyl (C=O) groups is 2. The molecule has 2 amide bonds. The van der Waals surface area contributed by atoms with Gasteiger partial charge in [0.1, 0.15) is 16.8 Å². The van der Waals surface area contributed by atoms with Crippen molar-refractivity contribution in [1.29, 1.82) is 0 Å². The normalized spacial score (nSPS) is 23.1. The number of piperidine rings is 1. The van der Waals surface area contributed by atoms with E-state index in [9.17, 15) is 9.59 Å². The van der Waals surface area contributed by atoms with E-state index in [0.717, 1.165) is 43.9 Å². The van der Waals surface area contributed by atoms with Gasteiger partial charge in [-0.15, -0.1) is 0 Å². The summed E-state index contributed by atoms with van der Waals surface area (Å²) < 4.78 is 11.0. The number of amides is 2. The monoisotopic (exact) mass is 430 g/mol. The first kappa shape index (κ1) is 21.9. The van der Waals surface area contributed by atoms with Gasteiger partial charge in [0.05, 0.1) is 19.3 Å². The van der Waals surface area contributed by atoms with Crippen LogP contribution in [0.15, 0.2) is 18.3 Å². The molecule has 0 unspecified atom stereocenters. The van der Waals surface area contributed by atoms with E-state index < -0.39 is 11.0 Å². The van der Waals surface area contributed by atoms with Crippen molar-refractivity contribution in [3.05, 3.63) is 23.9 Å². The summed E-state index contributed by atoms with van der Waals surface area (Å²) in [6.07, 6.45) is 5.83. The van der Waals surface area contributed by atoms with Gasteiger partial charge in [-0.25, -0.2) is 9.78 Å². The molecule has 8 heteroatoms. The minimum atomic E-state index is -0.756. The molecule has 170 valence electrons. The average Bonchev–Trinajstić information content (AvgIpc) is 3.48. The lowest BCUT2D eigenvalue weighted by atomic mass is 9.79. The summed E-state index contributed by atoms with van der Waals surface area (Å²) in [4.78, 5) is 33.6. The highest BCUT2D eigenvalue weighted by Gasteiger charge is 2.46. The molecule has 31 heavy (non-hydrogen) atoms. The van der Waals surface area contributed by atoms with Gasteiger partial charge in [0.25, 0.3) is 0 Å². The van der Waals surface area contributed by atoms with Gasteiger partial charge in [0.15, 0.2) is 0 Å². The predicted octanol–water partition coefficient (Wildman–Crippen LogP) is 2.45. The van der Waals surface area contributed by atoms with Crippen molar-refractivity contribution < 1.29 is 19.1 Å². The number of carbonyl (C=O) groups excluding carboxylic acids is 2. The minimum absolute atomic E-state index is 0.0997. The maximum atomic E-state index is 12.9. The highest BCUT2D eigenvalue weighted by molar-refractivity contribution is 5.88. The molecule has 1 saturated carbocycles. The molecule has 1 atom stereocenters. The number of pyridine rings is 1. The van der Waals surface area contributed by atoms with Gasteiger partial charge in [-0.2, -0.15) is 0 Å². The smallest absolute Gasteiger partial charge is 0.410 e. The molecule has 0 radical (unpaired) electrons. The Morgan fingerprint density at radius 3 is 2.55 bits per heavy atom. The lowest BCUT2D eigenvalue weighted by Crippen LogP contribution is -2.56. The predicted molar refractivity (Wildman–Crippen MR) is 117 cm³/mol. The van der Waals surface area contributed by atoms with E-state index in [1.165, 1.54) is 12.8 Å². The van der Waals surface area contributed by atoms with Crippen LogP contribution >= 0.6 is 0 Å². The number of rotatable bonds is 6. The first-order valence-electron chi connectivity index (χ1n) is 11.3. The van der Waals surface area contributed by atoms with Crippen LogP contribution in [0.4, 0.5) is 10.6 Å². The largest absolute Gasteiger partial charge is 0.444 e.